The Labute approximate surface area is 100 Å². The molecule has 1 rings (SSSR count). The Balaban J connectivity index is 2.60. The summed E-state index contributed by atoms with van der Waals surface area (Å²) in [4.78, 5) is 0. The van der Waals surface area contributed by atoms with E-state index in [0.717, 1.165) is 12.0 Å². The molecule has 0 aliphatic carbocycles. The average Bonchev–Trinajstić information content (AvgIpc) is 2.27. The molecular formula is C13H17F2NO. The number of ether oxygens (including phenoxy) is 1. The van der Waals surface area contributed by atoms with Crippen molar-refractivity contribution >= 4 is 0 Å². The molecule has 94 valence electrons. The van der Waals surface area contributed by atoms with Gasteiger partial charge in [0.2, 0.25) is 0 Å². The summed E-state index contributed by atoms with van der Waals surface area (Å²) in [7, 11) is 0. The molecule has 0 aliphatic heterocycles. The number of hydrogen-bond donors (Lipinski definition) is 1. The third-order valence-corrected chi connectivity index (χ3v) is 2.35. The van der Waals surface area contributed by atoms with Gasteiger partial charge in [-0.05, 0) is 19.4 Å². The lowest BCUT2D eigenvalue weighted by molar-refractivity contribution is -0.0505. The molecule has 0 heterocycles. The first-order chi connectivity index (χ1) is 8.13. The lowest BCUT2D eigenvalue weighted by atomic mass is 10.1. The van der Waals surface area contributed by atoms with Crippen LogP contribution in [-0.2, 0) is 6.54 Å². The second kappa shape index (κ2) is 7.01. The van der Waals surface area contributed by atoms with Gasteiger partial charge in [0.25, 0.3) is 0 Å². The molecule has 0 radical (unpaired) electrons. The molecule has 17 heavy (non-hydrogen) atoms. The number of rotatable bonds is 7. The van der Waals surface area contributed by atoms with Crippen LogP contribution >= 0.6 is 0 Å². The summed E-state index contributed by atoms with van der Waals surface area (Å²) in [5.74, 6) is 0.223. The molecule has 1 unspecified atom stereocenters. The molecular weight excluding hydrogens is 224 g/mol. The fourth-order valence-electron chi connectivity index (χ4n) is 1.48. The maximum absolute atomic E-state index is 12.2. The van der Waals surface area contributed by atoms with Crippen LogP contribution in [0.5, 0.6) is 5.75 Å². The molecule has 0 saturated heterocycles. The van der Waals surface area contributed by atoms with Crippen LogP contribution in [0.4, 0.5) is 8.78 Å². The molecule has 0 aliphatic rings. The van der Waals surface area contributed by atoms with Crippen LogP contribution in [0.3, 0.4) is 0 Å². The molecule has 0 saturated carbocycles. The van der Waals surface area contributed by atoms with Gasteiger partial charge in [-0.15, -0.1) is 6.58 Å². The second-order valence-corrected chi connectivity index (χ2v) is 3.79. The molecule has 0 spiro atoms. The van der Waals surface area contributed by atoms with E-state index in [0.29, 0.717) is 6.54 Å². The van der Waals surface area contributed by atoms with Crippen LogP contribution in [0.1, 0.15) is 18.9 Å². The van der Waals surface area contributed by atoms with E-state index < -0.39 is 6.61 Å². The van der Waals surface area contributed by atoms with E-state index >= 15 is 0 Å². The molecule has 0 bridgehead atoms. The summed E-state index contributed by atoms with van der Waals surface area (Å²) in [5, 5.41) is 3.22. The van der Waals surface area contributed by atoms with Crippen molar-refractivity contribution in [1.29, 1.82) is 0 Å². The van der Waals surface area contributed by atoms with Gasteiger partial charge < -0.3 is 10.1 Å². The molecule has 4 heteroatoms. The lowest BCUT2D eigenvalue weighted by Gasteiger charge is -2.14. The highest BCUT2D eigenvalue weighted by atomic mass is 19.3. The van der Waals surface area contributed by atoms with Crippen LogP contribution < -0.4 is 10.1 Å². The van der Waals surface area contributed by atoms with Gasteiger partial charge in [-0.2, -0.15) is 8.78 Å². The maximum Gasteiger partial charge on any atom is 0.387 e. The third-order valence-electron chi connectivity index (χ3n) is 2.35. The number of nitrogens with one attached hydrogen (secondary N) is 1. The van der Waals surface area contributed by atoms with Gasteiger partial charge in [0, 0.05) is 18.2 Å². The number of benzene rings is 1. The summed E-state index contributed by atoms with van der Waals surface area (Å²) < 4.78 is 28.8. The number of halogens is 2. The molecule has 1 N–H and O–H groups in total. The van der Waals surface area contributed by atoms with Crippen molar-refractivity contribution in [2.45, 2.75) is 32.5 Å². The summed E-state index contributed by atoms with van der Waals surface area (Å²) in [6, 6.07) is 7.04. The summed E-state index contributed by atoms with van der Waals surface area (Å²) >= 11 is 0. The zero-order valence-electron chi connectivity index (χ0n) is 9.83. The fraction of sp³-hybridized carbons (Fsp3) is 0.385. The first-order valence-corrected chi connectivity index (χ1v) is 5.50. The highest BCUT2D eigenvalue weighted by Crippen LogP contribution is 2.20. The van der Waals surface area contributed by atoms with Crippen LogP contribution in [0.25, 0.3) is 0 Å². The van der Waals surface area contributed by atoms with Gasteiger partial charge in [0.05, 0.1) is 0 Å². The minimum atomic E-state index is -2.79. The summed E-state index contributed by atoms with van der Waals surface area (Å²) in [6.07, 6.45) is 2.65. The summed E-state index contributed by atoms with van der Waals surface area (Å²) in [6.45, 7) is 3.37. The van der Waals surface area contributed by atoms with E-state index in [1.807, 2.05) is 13.0 Å². The normalized spacial score (nSPS) is 12.5. The Bertz CT molecular complexity index is 355. The maximum atomic E-state index is 12.2. The van der Waals surface area contributed by atoms with Gasteiger partial charge in [-0.1, -0.05) is 24.3 Å². The minimum absolute atomic E-state index is 0.223. The smallest absolute Gasteiger partial charge is 0.387 e. The molecule has 0 amide bonds. The van der Waals surface area contributed by atoms with Gasteiger partial charge in [-0.3, -0.25) is 0 Å². The average molecular weight is 241 g/mol. The number of alkyl halides is 2. The summed E-state index contributed by atoms with van der Waals surface area (Å²) in [5.41, 5.74) is 0.726. The Morgan fingerprint density at radius 2 is 2.12 bits per heavy atom. The third kappa shape index (κ3) is 4.95. The standard InChI is InChI=1S/C13H17F2NO/c1-3-6-10(2)16-9-11-7-4-5-8-12(11)17-13(14)15/h3-5,7-8,10,13,16H,1,6,9H2,2H3. The van der Waals surface area contributed by atoms with Gasteiger partial charge >= 0.3 is 6.61 Å². The Morgan fingerprint density at radius 3 is 2.76 bits per heavy atom. The van der Waals surface area contributed by atoms with Crippen LogP contribution in [0, 0.1) is 0 Å². The Hall–Kier alpha value is -1.42. The van der Waals surface area contributed by atoms with Crippen LogP contribution in [-0.4, -0.2) is 12.7 Å². The molecule has 1 aromatic rings. The second-order valence-electron chi connectivity index (χ2n) is 3.79. The zero-order chi connectivity index (χ0) is 12.7. The van der Waals surface area contributed by atoms with Crippen molar-refractivity contribution in [3.05, 3.63) is 42.5 Å². The predicted octanol–water partition coefficient (Wildman–Crippen LogP) is 3.34. The van der Waals surface area contributed by atoms with E-state index in [1.165, 1.54) is 0 Å². The van der Waals surface area contributed by atoms with E-state index in [9.17, 15) is 8.78 Å². The predicted molar refractivity (Wildman–Crippen MR) is 64.2 cm³/mol. The molecule has 2 nitrogen and oxygen atoms in total. The largest absolute Gasteiger partial charge is 0.434 e. The van der Waals surface area contributed by atoms with Crippen LogP contribution in [0.2, 0.25) is 0 Å². The van der Waals surface area contributed by atoms with Crippen LogP contribution in [0.15, 0.2) is 36.9 Å². The highest BCUT2D eigenvalue weighted by molar-refractivity contribution is 5.33. The molecule has 1 aromatic carbocycles. The van der Waals surface area contributed by atoms with E-state index in [1.54, 1.807) is 24.3 Å². The number of para-hydroxylation sites is 1. The quantitative estimate of drug-likeness (QED) is 0.739. The Morgan fingerprint density at radius 1 is 1.41 bits per heavy atom. The van der Waals surface area contributed by atoms with Crippen molar-refractivity contribution < 1.29 is 13.5 Å². The van der Waals surface area contributed by atoms with Crippen molar-refractivity contribution in [2.24, 2.45) is 0 Å². The first kappa shape index (κ1) is 13.6. The van der Waals surface area contributed by atoms with E-state index in [2.05, 4.69) is 16.6 Å². The van der Waals surface area contributed by atoms with Crippen molar-refractivity contribution in [2.75, 3.05) is 0 Å². The van der Waals surface area contributed by atoms with Gasteiger partial charge in [-0.25, -0.2) is 0 Å². The lowest BCUT2D eigenvalue weighted by Crippen LogP contribution is -2.25. The SMILES string of the molecule is C=CCC(C)NCc1ccccc1OC(F)F. The fourth-order valence-corrected chi connectivity index (χ4v) is 1.48. The van der Waals surface area contributed by atoms with Crippen molar-refractivity contribution in [1.82, 2.24) is 5.32 Å². The van der Waals surface area contributed by atoms with Crippen molar-refractivity contribution in [3.8, 4) is 5.75 Å². The molecule has 0 aromatic heterocycles. The molecule has 1 atom stereocenters. The highest BCUT2D eigenvalue weighted by Gasteiger charge is 2.09. The monoisotopic (exact) mass is 241 g/mol. The zero-order valence-corrected chi connectivity index (χ0v) is 9.83. The van der Waals surface area contributed by atoms with Crippen molar-refractivity contribution in [3.63, 3.8) is 0 Å². The van der Waals surface area contributed by atoms with E-state index in [-0.39, 0.29) is 11.8 Å². The van der Waals surface area contributed by atoms with Gasteiger partial charge in [0.15, 0.2) is 0 Å². The molecule has 0 fully saturated rings. The van der Waals surface area contributed by atoms with Gasteiger partial charge in [0.1, 0.15) is 5.75 Å². The minimum Gasteiger partial charge on any atom is -0.434 e. The number of hydrogen-bond acceptors (Lipinski definition) is 2. The Kier molecular flexibility index (Phi) is 5.63. The topological polar surface area (TPSA) is 21.3 Å². The van der Waals surface area contributed by atoms with E-state index in [4.69, 9.17) is 0 Å². The first-order valence-electron chi connectivity index (χ1n) is 5.50.